The van der Waals surface area contributed by atoms with E-state index in [2.05, 4.69) is 11.5 Å². The Morgan fingerprint density at radius 1 is 1.56 bits per heavy atom. The first-order valence-electron chi connectivity index (χ1n) is 5.71. The Morgan fingerprint density at radius 2 is 2.19 bits per heavy atom. The van der Waals surface area contributed by atoms with Crippen LogP contribution in [0, 0.1) is 11.3 Å². The maximum atomic E-state index is 11.7. The van der Waals surface area contributed by atoms with Crippen molar-refractivity contribution < 1.29 is 4.79 Å². The molecule has 92 valence electrons. The van der Waals surface area contributed by atoms with E-state index in [1.165, 1.54) is 0 Å². The number of hydrogen-bond acceptors (Lipinski definition) is 4. The minimum atomic E-state index is -0.233. The number of carbonyl (C=O) groups excluding carboxylic acids is 1. The van der Waals surface area contributed by atoms with Gasteiger partial charge in [0.2, 0.25) is 0 Å². The lowest BCUT2D eigenvalue weighted by atomic mass is 10.1. The zero-order chi connectivity index (χ0) is 12.6. The van der Waals surface area contributed by atoms with E-state index in [4.69, 9.17) is 11.1 Å². The minimum absolute atomic E-state index is 0.173. The maximum Gasteiger partial charge on any atom is 0.251 e. The Morgan fingerprint density at radius 3 is 2.56 bits per heavy atom. The maximum absolute atomic E-state index is 11.7. The quantitative estimate of drug-likeness (QED) is 0.381. The molecular weight excluding hydrogens is 204 g/mol. The van der Waals surface area contributed by atoms with E-state index in [9.17, 15) is 4.79 Å². The summed E-state index contributed by atoms with van der Waals surface area (Å²) in [4.78, 5) is 13.7. The van der Waals surface area contributed by atoms with E-state index in [1.807, 2.05) is 25.7 Å². The molecular formula is C11H22N4O. The number of rotatable bonds is 7. The molecule has 0 radical (unpaired) electrons. The number of carbonyl (C=O) groups is 1. The van der Waals surface area contributed by atoms with Crippen molar-refractivity contribution in [3.05, 3.63) is 0 Å². The first-order chi connectivity index (χ1) is 7.58. The fourth-order valence-electron chi connectivity index (χ4n) is 1.77. The van der Waals surface area contributed by atoms with Crippen LogP contribution in [-0.2, 0) is 4.79 Å². The molecule has 0 aromatic carbocycles. The van der Waals surface area contributed by atoms with Gasteiger partial charge in [0, 0.05) is 19.0 Å². The molecule has 0 aromatic heterocycles. The molecule has 5 nitrogen and oxygen atoms in total. The number of nitrogens with zero attached hydrogens (tertiary/aromatic N) is 2. The summed E-state index contributed by atoms with van der Waals surface area (Å²) in [7, 11) is 0. The number of nitrogens with one attached hydrogen (secondary N) is 1. The highest BCUT2D eigenvalue weighted by molar-refractivity contribution is 5.81. The summed E-state index contributed by atoms with van der Waals surface area (Å²) in [6.45, 7) is 6.67. The molecule has 16 heavy (non-hydrogen) atoms. The van der Waals surface area contributed by atoms with Crippen LogP contribution in [0.3, 0.4) is 0 Å². The van der Waals surface area contributed by atoms with Crippen LogP contribution in [0.2, 0.25) is 0 Å². The molecule has 0 bridgehead atoms. The highest BCUT2D eigenvalue weighted by Gasteiger charge is 2.26. The second-order valence-corrected chi connectivity index (χ2v) is 4.05. The summed E-state index contributed by atoms with van der Waals surface area (Å²) >= 11 is 0. The van der Waals surface area contributed by atoms with Crippen molar-refractivity contribution in [1.82, 2.24) is 10.3 Å². The average molecular weight is 226 g/mol. The van der Waals surface area contributed by atoms with Crippen molar-refractivity contribution in [2.75, 3.05) is 6.54 Å². The molecule has 3 N–H and O–H groups in total. The van der Waals surface area contributed by atoms with Crippen LogP contribution in [0.4, 0.5) is 0 Å². The van der Waals surface area contributed by atoms with Crippen molar-refractivity contribution in [3.8, 4) is 6.07 Å². The molecule has 1 atom stereocenters. The topological polar surface area (TPSA) is 82.2 Å². The number of nitrogens with two attached hydrogens (primary N) is 1. The van der Waals surface area contributed by atoms with Crippen molar-refractivity contribution in [2.24, 2.45) is 5.84 Å². The van der Waals surface area contributed by atoms with Crippen LogP contribution in [0.25, 0.3) is 0 Å². The van der Waals surface area contributed by atoms with Gasteiger partial charge in [-0.2, -0.15) is 5.26 Å². The van der Waals surface area contributed by atoms with E-state index in [0.29, 0.717) is 13.0 Å². The molecule has 0 rings (SSSR count). The van der Waals surface area contributed by atoms with Crippen LogP contribution in [0.5, 0.6) is 0 Å². The molecule has 0 saturated carbocycles. The monoisotopic (exact) mass is 226 g/mol. The normalized spacial score (nSPS) is 12.6. The molecule has 0 heterocycles. The lowest BCUT2D eigenvalue weighted by Crippen LogP contribution is -2.51. The first-order valence-corrected chi connectivity index (χ1v) is 5.71. The van der Waals surface area contributed by atoms with Crippen LogP contribution < -0.4 is 11.3 Å². The predicted molar refractivity (Wildman–Crippen MR) is 63.1 cm³/mol. The van der Waals surface area contributed by atoms with E-state index < -0.39 is 0 Å². The van der Waals surface area contributed by atoms with E-state index in [0.717, 1.165) is 12.8 Å². The smallest absolute Gasteiger partial charge is 0.251 e. The zero-order valence-corrected chi connectivity index (χ0v) is 10.4. The molecule has 0 aliphatic rings. The van der Waals surface area contributed by atoms with Crippen LogP contribution in [-0.4, -0.2) is 29.4 Å². The van der Waals surface area contributed by atoms with E-state index >= 15 is 0 Å². The number of hydrogen-bond donors (Lipinski definition) is 2. The average Bonchev–Trinajstić information content (AvgIpc) is 2.26. The largest absolute Gasteiger partial charge is 0.293 e. The van der Waals surface area contributed by atoms with Crippen LogP contribution in [0.1, 0.15) is 40.0 Å². The molecule has 1 amide bonds. The van der Waals surface area contributed by atoms with Crippen molar-refractivity contribution in [2.45, 2.75) is 52.1 Å². The molecule has 0 aromatic rings. The summed E-state index contributed by atoms with van der Waals surface area (Å²) in [6, 6.07) is 2.09. The fraction of sp³-hybridized carbons (Fsp3) is 0.818. The van der Waals surface area contributed by atoms with Gasteiger partial charge in [0.15, 0.2) is 0 Å². The van der Waals surface area contributed by atoms with Crippen molar-refractivity contribution >= 4 is 5.91 Å². The molecule has 0 fully saturated rings. The Balaban J connectivity index is 4.65. The Hall–Kier alpha value is -1.12. The van der Waals surface area contributed by atoms with Gasteiger partial charge in [0.25, 0.3) is 5.91 Å². The van der Waals surface area contributed by atoms with Crippen LogP contribution >= 0.6 is 0 Å². The summed E-state index contributed by atoms with van der Waals surface area (Å²) in [6.07, 6.45) is 2.09. The molecule has 0 spiro atoms. The SMILES string of the molecule is CCCC(C(=O)NN)N(CCC#N)C(C)C. The van der Waals surface area contributed by atoms with E-state index in [-0.39, 0.29) is 18.0 Å². The summed E-state index contributed by atoms with van der Waals surface area (Å²) in [5, 5.41) is 8.60. The predicted octanol–water partition coefficient (Wildman–Crippen LogP) is 0.769. The number of nitriles is 1. The number of amides is 1. The van der Waals surface area contributed by atoms with Gasteiger partial charge in [0.1, 0.15) is 0 Å². The lowest BCUT2D eigenvalue weighted by molar-refractivity contribution is -0.127. The molecule has 1 unspecified atom stereocenters. The lowest BCUT2D eigenvalue weighted by Gasteiger charge is -2.32. The van der Waals surface area contributed by atoms with Gasteiger partial charge in [-0.3, -0.25) is 15.1 Å². The van der Waals surface area contributed by atoms with Gasteiger partial charge in [0.05, 0.1) is 12.1 Å². The standard InChI is InChI=1S/C11H22N4O/c1-4-6-10(11(16)14-13)15(9(2)3)8-5-7-12/h9-10H,4-6,8,13H2,1-3H3,(H,14,16). The Labute approximate surface area is 97.6 Å². The Bertz CT molecular complexity index is 247. The summed E-state index contributed by atoms with van der Waals surface area (Å²) in [5.74, 6) is 5.01. The van der Waals surface area contributed by atoms with Gasteiger partial charge in [-0.05, 0) is 20.3 Å². The summed E-state index contributed by atoms with van der Waals surface area (Å²) < 4.78 is 0. The Kier molecular flexibility index (Phi) is 7.52. The second kappa shape index (κ2) is 8.08. The first kappa shape index (κ1) is 14.9. The molecule has 0 aliphatic carbocycles. The summed E-state index contributed by atoms with van der Waals surface area (Å²) in [5.41, 5.74) is 2.20. The fourth-order valence-corrected chi connectivity index (χ4v) is 1.77. The third-order valence-corrected chi connectivity index (χ3v) is 2.55. The number of hydrazine groups is 1. The molecule has 0 aliphatic heterocycles. The van der Waals surface area contributed by atoms with Gasteiger partial charge in [-0.25, -0.2) is 5.84 Å². The highest BCUT2D eigenvalue weighted by atomic mass is 16.2. The van der Waals surface area contributed by atoms with Gasteiger partial charge in [-0.15, -0.1) is 0 Å². The highest BCUT2D eigenvalue weighted by Crippen LogP contribution is 2.12. The van der Waals surface area contributed by atoms with Gasteiger partial charge < -0.3 is 0 Å². The molecule has 0 saturated heterocycles. The second-order valence-electron chi connectivity index (χ2n) is 4.05. The van der Waals surface area contributed by atoms with Crippen molar-refractivity contribution in [3.63, 3.8) is 0 Å². The van der Waals surface area contributed by atoms with E-state index in [1.54, 1.807) is 0 Å². The van der Waals surface area contributed by atoms with Crippen molar-refractivity contribution in [1.29, 1.82) is 5.26 Å². The zero-order valence-electron chi connectivity index (χ0n) is 10.4. The van der Waals surface area contributed by atoms with Gasteiger partial charge in [-0.1, -0.05) is 13.3 Å². The molecule has 5 heteroatoms. The third-order valence-electron chi connectivity index (χ3n) is 2.55. The van der Waals surface area contributed by atoms with Crippen LogP contribution in [0.15, 0.2) is 0 Å². The third kappa shape index (κ3) is 4.60. The van der Waals surface area contributed by atoms with Gasteiger partial charge >= 0.3 is 0 Å². The minimum Gasteiger partial charge on any atom is -0.293 e.